The molecule has 6 heteroatoms. The summed E-state index contributed by atoms with van der Waals surface area (Å²) in [5, 5.41) is 13.5. The highest BCUT2D eigenvalue weighted by molar-refractivity contribution is 5.07. The lowest BCUT2D eigenvalue weighted by molar-refractivity contribution is -0.0456. The van der Waals surface area contributed by atoms with Crippen molar-refractivity contribution in [1.29, 1.82) is 0 Å². The van der Waals surface area contributed by atoms with Crippen molar-refractivity contribution in [2.75, 3.05) is 46.6 Å². The Labute approximate surface area is 126 Å². The van der Waals surface area contributed by atoms with Crippen molar-refractivity contribution in [3.63, 3.8) is 0 Å². The zero-order chi connectivity index (χ0) is 15.1. The van der Waals surface area contributed by atoms with Crippen molar-refractivity contribution in [1.82, 2.24) is 14.7 Å². The second kappa shape index (κ2) is 8.48. The third kappa shape index (κ3) is 4.51. The molecule has 2 heterocycles. The highest BCUT2D eigenvalue weighted by Crippen LogP contribution is 2.33. The van der Waals surface area contributed by atoms with Crippen LogP contribution in [0, 0.1) is 5.92 Å². The third-order valence-corrected chi connectivity index (χ3v) is 4.12. The standard InChI is InChI=1S/C15H27N3O3/c1-17-14(5-6-16-17)15-13(4-3-10-21-15)12-18(7-9-19)8-11-20-2/h5-6,13,15,19H,3-4,7-12H2,1-2H3/t13-,15+/m0/s1. The maximum Gasteiger partial charge on any atom is 0.103 e. The number of aliphatic hydroxyl groups is 1. The molecule has 0 saturated carbocycles. The van der Waals surface area contributed by atoms with E-state index in [0.717, 1.165) is 38.2 Å². The number of aryl methyl sites for hydroxylation is 1. The first kappa shape index (κ1) is 16.4. The lowest BCUT2D eigenvalue weighted by Gasteiger charge is -2.35. The van der Waals surface area contributed by atoms with Gasteiger partial charge in [0.25, 0.3) is 0 Å². The summed E-state index contributed by atoms with van der Waals surface area (Å²) in [7, 11) is 3.67. The molecule has 0 unspecified atom stereocenters. The highest BCUT2D eigenvalue weighted by atomic mass is 16.5. The lowest BCUT2D eigenvalue weighted by Crippen LogP contribution is -2.39. The van der Waals surface area contributed by atoms with Gasteiger partial charge in [0.05, 0.1) is 18.9 Å². The Morgan fingerprint density at radius 3 is 3.05 bits per heavy atom. The van der Waals surface area contributed by atoms with Crippen LogP contribution < -0.4 is 0 Å². The van der Waals surface area contributed by atoms with E-state index in [-0.39, 0.29) is 12.7 Å². The zero-order valence-electron chi connectivity index (χ0n) is 13.1. The fourth-order valence-corrected chi connectivity index (χ4v) is 3.01. The summed E-state index contributed by atoms with van der Waals surface area (Å²) in [6, 6.07) is 2.04. The molecular weight excluding hydrogens is 270 g/mol. The molecule has 1 aromatic rings. The number of aromatic nitrogens is 2. The Bertz CT molecular complexity index is 411. The van der Waals surface area contributed by atoms with E-state index < -0.39 is 0 Å². The summed E-state index contributed by atoms with van der Waals surface area (Å²) in [6.07, 6.45) is 4.15. The van der Waals surface area contributed by atoms with Gasteiger partial charge in [0.2, 0.25) is 0 Å². The van der Waals surface area contributed by atoms with Crippen LogP contribution in [-0.4, -0.2) is 66.4 Å². The van der Waals surface area contributed by atoms with Crippen molar-refractivity contribution in [3.8, 4) is 0 Å². The number of hydrogen-bond donors (Lipinski definition) is 1. The number of methoxy groups -OCH3 is 1. The second-order valence-electron chi connectivity index (χ2n) is 5.59. The Hall–Kier alpha value is -0.950. The maximum absolute atomic E-state index is 9.23. The van der Waals surface area contributed by atoms with Gasteiger partial charge in [-0.05, 0) is 18.9 Å². The summed E-state index contributed by atoms with van der Waals surface area (Å²) in [5.41, 5.74) is 1.13. The van der Waals surface area contributed by atoms with Gasteiger partial charge >= 0.3 is 0 Å². The van der Waals surface area contributed by atoms with Crippen LogP contribution in [0.4, 0.5) is 0 Å². The van der Waals surface area contributed by atoms with Crippen molar-refractivity contribution >= 4 is 0 Å². The first-order valence-corrected chi connectivity index (χ1v) is 7.68. The largest absolute Gasteiger partial charge is 0.395 e. The smallest absolute Gasteiger partial charge is 0.103 e. The van der Waals surface area contributed by atoms with Gasteiger partial charge in [-0.25, -0.2) is 0 Å². The SMILES string of the molecule is COCCN(CCO)C[C@@H]1CCCO[C@H]1c1ccnn1C. The van der Waals surface area contributed by atoms with E-state index in [1.54, 1.807) is 7.11 Å². The van der Waals surface area contributed by atoms with E-state index in [9.17, 15) is 5.11 Å². The van der Waals surface area contributed by atoms with Gasteiger partial charge in [0.15, 0.2) is 0 Å². The zero-order valence-corrected chi connectivity index (χ0v) is 13.1. The quantitative estimate of drug-likeness (QED) is 0.770. The predicted molar refractivity (Wildman–Crippen MR) is 80.0 cm³/mol. The van der Waals surface area contributed by atoms with Gasteiger partial charge in [0.1, 0.15) is 6.10 Å². The number of ether oxygens (including phenoxy) is 2. The average molecular weight is 297 g/mol. The monoisotopic (exact) mass is 297 g/mol. The fourth-order valence-electron chi connectivity index (χ4n) is 3.01. The Kier molecular flexibility index (Phi) is 6.63. The molecule has 0 aliphatic carbocycles. The van der Waals surface area contributed by atoms with E-state index in [4.69, 9.17) is 9.47 Å². The van der Waals surface area contributed by atoms with Gasteiger partial charge < -0.3 is 14.6 Å². The molecule has 120 valence electrons. The average Bonchev–Trinajstić information content (AvgIpc) is 2.91. The molecule has 0 radical (unpaired) electrons. The van der Waals surface area contributed by atoms with Gasteiger partial charge in [-0.15, -0.1) is 0 Å². The first-order chi connectivity index (χ1) is 10.3. The highest BCUT2D eigenvalue weighted by Gasteiger charge is 2.30. The summed E-state index contributed by atoms with van der Waals surface area (Å²) in [5.74, 6) is 0.428. The molecular formula is C15H27N3O3. The van der Waals surface area contributed by atoms with E-state index in [1.165, 1.54) is 0 Å². The Morgan fingerprint density at radius 2 is 2.38 bits per heavy atom. The number of aliphatic hydroxyl groups excluding tert-OH is 1. The van der Waals surface area contributed by atoms with Gasteiger partial charge in [-0.2, -0.15) is 5.10 Å². The van der Waals surface area contributed by atoms with Crippen molar-refractivity contribution in [3.05, 3.63) is 18.0 Å². The molecule has 1 N–H and O–H groups in total. The normalized spacial score (nSPS) is 22.9. The van der Waals surface area contributed by atoms with Crippen LogP contribution in [0.3, 0.4) is 0 Å². The van der Waals surface area contributed by atoms with Gasteiger partial charge in [-0.3, -0.25) is 9.58 Å². The van der Waals surface area contributed by atoms with Crippen LogP contribution in [0.15, 0.2) is 12.3 Å². The summed E-state index contributed by atoms with van der Waals surface area (Å²) < 4.78 is 13.1. The van der Waals surface area contributed by atoms with E-state index in [2.05, 4.69) is 10.00 Å². The molecule has 0 bridgehead atoms. The van der Waals surface area contributed by atoms with Crippen LogP contribution in [-0.2, 0) is 16.5 Å². The molecule has 1 aromatic heterocycles. The minimum atomic E-state index is 0.0926. The fraction of sp³-hybridized carbons (Fsp3) is 0.800. The molecule has 1 aliphatic rings. The lowest BCUT2D eigenvalue weighted by atomic mass is 9.91. The number of rotatable bonds is 8. The summed E-state index contributed by atoms with van der Waals surface area (Å²) in [6.45, 7) is 4.10. The Morgan fingerprint density at radius 1 is 1.52 bits per heavy atom. The van der Waals surface area contributed by atoms with Crippen LogP contribution >= 0.6 is 0 Å². The van der Waals surface area contributed by atoms with Crippen molar-refractivity contribution < 1.29 is 14.6 Å². The molecule has 2 atom stereocenters. The van der Waals surface area contributed by atoms with E-state index in [1.807, 2.05) is 24.0 Å². The van der Waals surface area contributed by atoms with Gasteiger partial charge in [0, 0.05) is 52.5 Å². The van der Waals surface area contributed by atoms with Crippen LogP contribution in [0.1, 0.15) is 24.6 Å². The van der Waals surface area contributed by atoms with Crippen molar-refractivity contribution in [2.45, 2.75) is 18.9 Å². The predicted octanol–water partition coefficient (Wildman–Crippen LogP) is 0.828. The topological polar surface area (TPSA) is 59.8 Å². The summed E-state index contributed by atoms with van der Waals surface area (Å²) >= 11 is 0. The second-order valence-corrected chi connectivity index (χ2v) is 5.59. The molecule has 1 aliphatic heterocycles. The first-order valence-electron chi connectivity index (χ1n) is 7.68. The summed E-state index contributed by atoms with van der Waals surface area (Å²) in [4.78, 5) is 2.26. The van der Waals surface area contributed by atoms with Gasteiger partial charge in [-0.1, -0.05) is 0 Å². The van der Waals surface area contributed by atoms with E-state index >= 15 is 0 Å². The molecule has 0 spiro atoms. The molecule has 0 aromatic carbocycles. The number of nitrogens with zero attached hydrogens (tertiary/aromatic N) is 3. The molecule has 21 heavy (non-hydrogen) atoms. The van der Waals surface area contributed by atoms with Crippen LogP contribution in [0.25, 0.3) is 0 Å². The molecule has 0 amide bonds. The third-order valence-electron chi connectivity index (χ3n) is 4.12. The number of hydrogen-bond acceptors (Lipinski definition) is 5. The van der Waals surface area contributed by atoms with Crippen molar-refractivity contribution in [2.24, 2.45) is 13.0 Å². The van der Waals surface area contributed by atoms with Crippen LogP contribution in [0.2, 0.25) is 0 Å². The Balaban J connectivity index is 2.02. The minimum Gasteiger partial charge on any atom is -0.395 e. The molecule has 1 saturated heterocycles. The minimum absolute atomic E-state index is 0.0926. The maximum atomic E-state index is 9.23. The molecule has 2 rings (SSSR count). The van der Waals surface area contributed by atoms with Crippen LogP contribution in [0.5, 0.6) is 0 Å². The molecule has 6 nitrogen and oxygen atoms in total. The van der Waals surface area contributed by atoms with E-state index in [0.29, 0.717) is 19.1 Å². The molecule has 1 fully saturated rings.